The van der Waals surface area contributed by atoms with Crippen molar-refractivity contribution in [2.75, 3.05) is 43.1 Å². The lowest BCUT2D eigenvalue weighted by molar-refractivity contribution is 0.259. The zero-order valence-electron chi connectivity index (χ0n) is 24.3. The SMILES string of the molecule is CN(C)CCCN(c1ccncc1)c1ccc(-c2ccc3c(NC(N)=O)nn(-c4cc5c(N)noc5cc4O)c3c2F)c(F)c1. The summed E-state index contributed by atoms with van der Waals surface area (Å²) in [4.78, 5) is 19.9. The molecule has 12 nitrogen and oxygen atoms in total. The molecule has 6 N–H and O–H groups in total. The van der Waals surface area contributed by atoms with E-state index in [0.717, 1.165) is 23.3 Å². The number of nitrogens with two attached hydrogens (primary N) is 2. The summed E-state index contributed by atoms with van der Waals surface area (Å²) in [6.07, 6.45) is 4.15. The lowest BCUT2D eigenvalue weighted by atomic mass is 10.0. The molecular weight excluding hydrogens is 584 g/mol. The number of nitrogen functional groups attached to an aromatic ring is 1. The van der Waals surface area contributed by atoms with Crippen molar-refractivity contribution in [2.24, 2.45) is 5.73 Å². The van der Waals surface area contributed by atoms with Gasteiger partial charge in [-0.2, -0.15) is 0 Å². The number of amides is 2. The van der Waals surface area contributed by atoms with Gasteiger partial charge in [0.25, 0.3) is 0 Å². The average molecular weight is 614 g/mol. The number of nitrogens with zero attached hydrogens (tertiary/aromatic N) is 6. The number of carbonyl (C=O) groups excluding carboxylic acids is 1. The molecule has 0 aliphatic rings. The molecule has 0 spiro atoms. The summed E-state index contributed by atoms with van der Waals surface area (Å²) >= 11 is 0. The maximum absolute atomic E-state index is 16.5. The van der Waals surface area contributed by atoms with Crippen LogP contribution in [-0.2, 0) is 0 Å². The van der Waals surface area contributed by atoms with Crippen LogP contribution in [0.1, 0.15) is 6.42 Å². The Morgan fingerprint density at radius 1 is 1.00 bits per heavy atom. The quantitative estimate of drug-likeness (QED) is 0.168. The fourth-order valence-corrected chi connectivity index (χ4v) is 5.28. The molecule has 0 atom stereocenters. The van der Waals surface area contributed by atoms with Crippen molar-refractivity contribution in [1.82, 2.24) is 24.8 Å². The first-order chi connectivity index (χ1) is 21.6. The van der Waals surface area contributed by atoms with Crippen LogP contribution in [0.15, 0.2) is 71.5 Å². The molecule has 2 amide bonds. The van der Waals surface area contributed by atoms with Crippen molar-refractivity contribution in [1.29, 1.82) is 0 Å². The van der Waals surface area contributed by atoms with Crippen LogP contribution in [0.2, 0.25) is 0 Å². The molecule has 0 saturated carbocycles. The van der Waals surface area contributed by atoms with Crippen molar-refractivity contribution in [2.45, 2.75) is 6.42 Å². The molecule has 14 heteroatoms. The Morgan fingerprint density at radius 3 is 2.47 bits per heavy atom. The molecule has 0 radical (unpaired) electrons. The molecule has 3 aromatic heterocycles. The van der Waals surface area contributed by atoms with Crippen molar-refractivity contribution >= 4 is 50.9 Å². The number of primary amides is 1. The standard InChI is InChI=1S/C31H29F2N9O3/c1-40(2)12-3-13-41(17-8-10-36-11-9-17)18-4-5-19(23(32)14-18)20-6-7-21-28(27(20)33)42(38-30(21)37-31(35)44)24-15-22-26(16-25(24)43)45-39-29(22)34/h4-11,14-16,43H,3,12-13H2,1-2H3,(H2,34,39)(H3,35,37,38,44). The van der Waals surface area contributed by atoms with E-state index in [0.29, 0.717) is 17.6 Å². The summed E-state index contributed by atoms with van der Waals surface area (Å²) in [7, 11) is 3.97. The van der Waals surface area contributed by atoms with Crippen LogP contribution in [0.25, 0.3) is 38.7 Å². The smallest absolute Gasteiger partial charge is 0.317 e. The van der Waals surface area contributed by atoms with Gasteiger partial charge in [0, 0.05) is 52.9 Å². The van der Waals surface area contributed by atoms with E-state index in [9.17, 15) is 9.90 Å². The predicted octanol–water partition coefficient (Wildman–Crippen LogP) is 5.38. The second kappa shape index (κ2) is 11.7. The van der Waals surface area contributed by atoms with Gasteiger partial charge in [-0.15, -0.1) is 5.10 Å². The third-order valence-electron chi connectivity index (χ3n) is 7.36. The molecule has 6 aromatic rings. The molecule has 0 unspecified atom stereocenters. The number of phenolic OH excluding ortho intramolecular Hbond substituents is 1. The Kier molecular flexibility index (Phi) is 7.64. The van der Waals surface area contributed by atoms with Gasteiger partial charge in [-0.3, -0.25) is 10.3 Å². The number of halogens is 2. The number of rotatable bonds is 9. The number of anilines is 4. The highest BCUT2D eigenvalue weighted by molar-refractivity contribution is 6.01. The highest BCUT2D eigenvalue weighted by atomic mass is 19.1. The summed E-state index contributed by atoms with van der Waals surface area (Å²) in [6, 6.07) is 12.9. The number of hydrogen-bond donors (Lipinski definition) is 4. The third kappa shape index (κ3) is 5.54. The van der Waals surface area contributed by atoms with Crippen LogP contribution in [0.5, 0.6) is 5.75 Å². The number of urea groups is 1. The van der Waals surface area contributed by atoms with Gasteiger partial charge in [0.15, 0.2) is 23.0 Å². The maximum Gasteiger partial charge on any atom is 0.317 e. The number of hydrogen-bond acceptors (Lipinski definition) is 9. The largest absolute Gasteiger partial charge is 0.506 e. The molecule has 0 bridgehead atoms. The Hall–Kier alpha value is -5.76. The van der Waals surface area contributed by atoms with E-state index in [1.165, 1.54) is 36.4 Å². The molecule has 230 valence electrons. The summed E-state index contributed by atoms with van der Waals surface area (Å²) in [6.45, 7) is 1.44. The molecular formula is C31H29F2N9O3. The maximum atomic E-state index is 16.5. The summed E-state index contributed by atoms with van der Waals surface area (Å²) in [5, 5.41) is 21.7. The monoisotopic (exact) mass is 613 g/mol. The van der Waals surface area contributed by atoms with Gasteiger partial charge in [0.1, 0.15) is 22.8 Å². The zero-order chi connectivity index (χ0) is 31.8. The Balaban J connectivity index is 1.47. The minimum Gasteiger partial charge on any atom is -0.506 e. The van der Waals surface area contributed by atoms with E-state index >= 15 is 8.78 Å². The summed E-state index contributed by atoms with van der Waals surface area (Å²) < 4.78 is 38.6. The van der Waals surface area contributed by atoms with E-state index in [-0.39, 0.29) is 50.7 Å². The summed E-state index contributed by atoms with van der Waals surface area (Å²) in [5.41, 5.74) is 12.7. The number of pyridine rings is 1. The molecule has 45 heavy (non-hydrogen) atoms. The lowest BCUT2D eigenvalue weighted by Crippen LogP contribution is -2.23. The fourth-order valence-electron chi connectivity index (χ4n) is 5.28. The molecule has 6 rings (SSSR count). The van der Waals surface area contributed by atoms with Crippen LogP contribution >= 0.6 is 0 Å². The topological polar surface area (TPSA) is 165 Å². The third-order valence-corrected chi connectivity index (χ3v) is 7.36. The van der Waals surface area contributed by atoms with Crippen LogP contribution in [0, 0.1) is 11.6 Å². The Morgan fingerprint density at radius 2 is 1.76 bits per heavy atom. The molecule has 0 fully saturated rings. The van der Waals surface area contributed by atoms with Crippen molar-refractivity contribution in [3.63, 3.8) is 0 Å². The number of carbonyl (C=O) groups is 1. The number of benzene rings is 3. The first-order valence-electron chi connectivity index (χ1n) is 13.9. The fraction of sp³-hybridized carbons (Fsp3) is 0.161. The van der Waals surface area contributed by atoms with Gasteiger partial charge in [-0.25, -0.2) is 18.3 Å². The molecule has 0 saturated heterocycles. The molecule has 0 aliphatic carbocycles. The molecule has 0 aliphatic heterocycles. The number of aromatic hydroxyl groups is 1. The van der Waals surface area contributed by atoms with E-state index in [1.807, 2.05) is 31.1 Å². The average Bonchev–Trinajstić information content (AvgIpc) is 3.55. The van der Waals surface area contributed by atoms with E-state index < -0.39 is 17.7 Å². The van der Waals surface area contributed by atoms with Crippen LogP contribution < -0.4 is 21.7 Å². The first kappa shape index (κ1) is 29.3. The van der Waals surface area contributed by atoms with Crippen molar-refractivity contribution in [3.8, 4) is 22.6 Å². The predicted molar refractivity (Wildman–Crippen MR) is 168 cm³/mol. The van der Waals surface area contributed by atoms with E-state index in [2.05, 4.69) is 25.5 Å². The Bertz CT molecular complexity index is 2040. The van der Waals surface area contributed by atoms with E-state index in [1.54, 1.807) is 18.5 Å². The second-order valence-corrected chi connectivity index (χ2v) is 10.7. The lowest BCUT2D eigenvalue weighted by Gasteiger charge is -2.26. The van der Waals surface area contributed by atoms with Crippen LogP contribution in [0.3, 0.4) is 0 Å². The number of fused-ring (bicyclic) bond motifs is 2. The zero-order valence-corrected chi connectivity index (χ0v) is 24.3. The second-order valence-electron chi connectivity index (χ2n) is 10.7. The first-order valence-corrected chi connectivity index (χ1v) is 13.9. The normalized spacial score (nSPS) is 11.5. The van der Waals surface area contributed by atoms with Crippen molar-refractivity contribution < 1.29 is 23.2 Å². The number of aromatic nitrogens is 4. The van der Waals surface area contributed by atoms with E-state index in [4.69, 9.17) is 16.0 Å². The number of nitrogens with one attached hydrogen (secondary N) is 1. The van der Waals surface area contributed by atoms with Gasteiger partial charge >= 0.3 is 6.03 Å². The summed E-state index contributed by atoms with van der Waals surface area (Å²) in [5.74, 6) is -1.86. The minimum absolute atomic E-state index is 0.00114. The van der Waals surface area contributed by atoms with Crippen molar-refractivity contribution in [3.05, 3.63) is 78.6 Å². The highest BCUT2D eigenvalue weighted by Crippen LogP contribution is 2.39. The van der Waals surface area contributed by atoms with Gasteiger partial charge in [0.2, 0.25) is 0 Å². The van der Waals surface area contributed by atoms with Gasteiger partial charge in [-0.1, -0.05) is 11.2 Å². The molecule has 3 aromatic carbocycles. The van der Waals surface area contributed by atoms with Gasteiger partial charge in [-0.05, 0) is 69.5 Å². The Labute approximate surface area is 255 Å². The van der Waals surface area contributed by atoms with Gasteiger partial charge in [0.05, 0.1) is 5.39 Å². The minimum atomic E-state index is -0.931. The van der Waals surface area contributed by atoms with Gasteiger partial charge < -0.3 is 30.9 Å². The van der Waals surface area contributed by atoms with Crippen LogP contribution in [-0.4, -0.2) is 63.1 Å². The highest BCUT2D eigenvalue weighted by Gasteiger charge is 2.24. The number of phenols is 1. The molecule has 3 heterocycles. The van der Waals surface area contributed by atoms with Crippen LogP contribution in [0.4, 0.5) is 36.6 Å².